The van der Waals surface area contributed by atoms with E-state index in [1.807, 2.05) is 103 Å². The number of carboxylic acid groups (broad SMARTS) is 1. The van der Waals surface area contributed by atoms with Gasteiger partial charge in [-0.15, -0.1) is 10.2 Å². The Morgan fingerprint density at radius 1 is 0.667 bits per heavy atom. The van der Waals surface area contributed by atoms with Gasteiger partial charge in [-0.25, -0.2) is 23.1 Å². The quantitative estimate of drug-likeness (QED) is 0.437. The Bertz CT molecular complexity index is 1110. The molecule has 0 aliphatic carbocycles. The van der Waals surface area contributed by atoms with Crippen LogP contribution in [-0.2, 0) is 4.79 Å². The first-order valence-electron chi connectivity index (χ1n) is 9.71. The maximum absolute atomic E-state index is 12.2. The van der Waals surface area contributed by atoms with E-state index in [-0.39, 0.29) is 0 Å². The number of hydrogen-bond acceptors (Lipinski definition) is 5. The molecule has 3 aromatic carbocycles. The van der Waals surface area contributed by atoms with Crippen LogP contribution in [0.4, 0.5) is 0 Å². The monoisotopic (exact) mass is 466 g/mol. The predicted molar refractivity (Wildman–Crippen MR) is 110 cm³/mol. The van der Waals surface area contributed by atoms with Gasteiger partial charge in [-0.1, -0.05) is 66.7 Å². The number of carboxylic acids is 1. The fraction of sp³-hybridized carbons (Fsp3) is 0.0400. The van der Waals surface area contributed by atoms with E-state index < -0.39 is 22.1 Å². The lowest BCUT2D eigenvalue weighted by Gasteiger charge is -2.17. The fourth-order valence-electron chi connectivity index (χ4n) is 3.30. The lowest BCUT2D eigenvalue weighted by molar-refractivity contribution is -2.00. The number of aliphatic carboxylic acids is 1. The van der Waals surface area contributed by atoms with E-state index in [0.29, 0.717) is 17.1 Å². The third kappa shape index (κ3) is 7.21. The average Bonchev–Trinajstić information content (AvgIpc) is 2.80. The van der Waals surface area contributed by atoms with Gasteiger partial charge in [0.05, 0.1) is 11.1 Å². The summed E-state index contributed by atoms with van der Waals surface area (Å²) < 4.78 is 40.1. The summed E-state index contributed by atoms with van der Waals surface area (Å²) in [5.74, 6) is -0.392. The molecule has 8 heteroatoms. The van der Waals surface area contributed by atoms with Gasteiger partial charge in [0.2, 0.25) is 0 Å². The molecule has 0 amide bonds. The second-order valence-corrected chi connectivity index (χ2v) is 7.67. The Labute approximate surface area is 192 Å². The Morgan fingerprint density at radius 3 is 1.39 bits per heavy atom. The van der Waals surface area contributed by atoms with Crippen LogP contribution in [0.2, 0.25) is 0 Å². The van der Waals surface area contributed by atoms with Crippen molar-refractivity contribution in [1.29, 1.82) is 0 Å². The molecular formula is C25H19ClO7. The SMILES string of the molecule is O=C(O)C(c1ccccc1)c1cc(-c2ccccc2)[o+]c(-c2ccccc2)c1.[O-][Cl+3]([O-])([O-])[O-]. The van der Waals surface area contributed by atoms with E-state index in [0.717, 1.165) is 16.7 Å². The minimum atomic E-state index is -4.94. The van der Waals surface area contributed by atoms with Crippen LogP contribution in [0.25, 0.3) is 22.6 Å². The van der Waals surface area contributed by atoms with Crippen molar-refractivity contribution in [3.63, 3.8) is 0 Å². The molecule has 33 heavy (non-hydrogen) atoms. The van der Waals surface area contributed by atoms with Gasteiger partial charge in [-0.3, -0.25) is 4.79 Å². The highest BCUT2D eigenvalue weighted by molar-refractivity contribution is 5.81. The van der Waals surface area contributed by atoms with Crippen molar-refractivity contribution in [2.24, 2.45) is 0 Å². The molecule has 0 saturated heterocycles. The molecule has 1 atom stereocenters. The van der Waals surface area contributed by atoms with Crippen LogP contribution >= 0.6 is 0 Å². The lowest BCUT2D eigenvalue weighted by Crippen LogP contribution is -2.68. The van der Waals surface area contributed by atoms with Crippen molar-refractivity contribution < 1.29 is 43.2 Å². The van der Waals surface area contributed by atoms with Crippen molar-refractivity contribution >= 4 is 5.97 Å². The van der Waals surface area contributed by atoms with Crippen LogP contribution in [0.1, 0.15) is 17.0 Å². The average molecular weight is 467 g/mol. The van der Waals surface area contributed by atoms with Gasteiger partial charge in [-0.05, 0) is 35.4 Å². The molecule has 0 aliphatic rings. The molecule has 4 rings (SSSR count). The lowest BCUT2D eigenvalue weighted by atomic mass is 9.90. The molecule has 1 aromatic heterocycles. The van der Waals surface area contributed by atoms with Crippen molar-refractivity contribution in [2.75, 3.05) is 0 Å². The number of halogens is 1. The Hall–Kier alpha value is -3.59. The molecule has 0 bridgehead atoms. The highest BCUT2D eigenvalue weighted by atomic mass is 35.7. The maximum atomic E-state index is 12.2. The summed E-state index contributed by atoms with van der Waals surface area (Å²) in [6.45, 7) is 0. The first-order chi connectivity index (χ1) is 15.7. The fourth-order valence-corrected chi connectivity index (χ4v) is 3.30. The zero-order valence-corrected chi connectivity index (χ0v) is 17.9. The Kier molecular flexibility index (Phi) is 7.89. The summed E-state index contributed by atoms with van der Waals surface area (Å²) in [6, 6.07) is 32.4. The predicted octanol–water partition coefficient (Wildman–Crippen LogP) is 1.36. The van der Waals surface area contributed by atoms with Gasteiger partial charge in [0.25, 0.3) is 0 Å². The molecule has 0 spiro atoms. The van der Waals surface area contributed by atoms with E-state index >= 15 is 0 Å². The molecule has 0 fully saturated rings. The molecule has 4 aromatic rings. The van der Waals surface area contributed by atoms with Crippen LogP contribution in [0.15, 0.2) is 108 Å². The number of rotatable bonds is 5. The number of carbonyl (C=O) groups is 1. The highest BCUT2D eigenvalue weighted by Crippen LogP contribution is 2.34. The molecule has 0 radical (unpaired) electrons. The Balaban J connectivity index is 0.000000555. The Morgan fingerprint density at radius 2 is 1.03 bits per heavy atom. The molecule has 0 saturated carbocycles. The summed E-state index contributed by atoms with van der Waals surface area (Å²) in [4.78, 5) is 12.2. The van der Waals surface area contributed by atoms with Gasteiger partial charge < -0.3 is 5.11 Å². The summed E-state index contributed by atoms with van der Waals surface area (Å²) in [5.41, 5.74) is 3.22. The van der Waals surface area contributed by atoms with Crippen molar-refractivity contribution in [2.45, 2.75) is 5.92 Å². The van der Waals surface area contributed by atoms with Gasteiger partial charge in [0.15, 0.2) is 0 Å². The van der Waals surface area contributed by atoms with E-state index in [9.17, 15) is 9.90 Å². The van der Waals surface area contributed by atoms with Crippen LogP contribution in [0.3, 0.4) is 0 Å². The van der Waals surface area contributed by atoms with E-state index in [1.165, 1.54) is 0 Å². The minimum absolute atomic E-state index is 0.638. The third-order valence-corrected chi connectivity index (χ3v) is 4.65. The summed E-state index contributed by atoms with van der Waals surface area (Å²) in [7, 11) is -4.94. The summed E-state index contributed by atoms with van der Waals surface area (Å²) in [6.07, 6.45) is 0. The van der Waals surface area contributed by atoms with E-state index in [4.69, 9.17) is 23.1 Å². The van der Waals surface area contributed by atoms with Gasteiger partial charge in [0, 0.05) is 12.1 Å². The molecule has 1 unspecified atom stereocenters. The van der Waals surface area contributed by atoms with Gasteiger partial charge >= 0.3 is 17.5 Å². The minimum Gasteiger partial charge on any atom is -0.481 e. The highest BCUT2D eigenvalue weighted by Gasteiger charge is 2.28. The molecule has 1 N–H and O–H groups in total. The molecule has 7 nitrogen and oxygen atoms in total. The van der Waals surface area contributed by atoms with Crippen LogP contribution in [0.5, 0.6) is 0 Å². The van der Waals surface area contributed by atoms with Crippen molar-refractivity contribution in [3.8, 4) is 22.6 Å². The van der Waals surface area contributed by atoms with Gasteiger partial charge in [-0.2, -0.15) is 0 Å². The second-order valence-electron chi connectivity index (χ2n) is 6.91. The zero-order chi connectivity index (χ0) is 23.8. The van der Waals surface area contributed by atoms with Crippen molar-refractivity contribution in [3.05, 3.63) is 114 Å². The second kappa shape index (κ2) is 10.8. The normalized spacial score (nSPS) is 11.8. The van der Waals surface area contributed by atoms with E-state index in [2.05, 4.69) is 0 Å². The van der Waals surface area contributed by atoms with Crippen LogP contribution < -0.4 is 18.6 Å². The first kappa shape index (κ1) is 24.1. The molecule has 0 aliphatic heterocycles. The largest absolute Gasteiger partial charge is 0.481 e. The van der Waals surface area contributed by atoms with Crippen molar-refractivity contribution in [1.82, 2.24) is 0 Å². The van der Waals surface area contributed by atoms with Crippen LogP contribution in [0, 0.1) is 10.2 Å². The third-order valence-electron chi connectivity index (χ3n) is 4.65. The maximum Gasteiger partial charge on any atom is 0.361 e. The number of benzene rings is 3. The first-order valence-corrected chi connectivity index (χ1v) is 10.9. The topological polar surface area (TPSA) is 141 Å². The molecule has 1 heterocycles. The number of hydrogen-bond donors (Lipinski definition) is 1. The summed E-state index contributed by atoms with van der Waals surface area (Å²) in [5, 5.41) is 9.97. The van der Waals surface area contributed by atoms with Gasteiger partial charge in [0.1, 0.15) is 5.92 Å². The van der Waals surface area contributed by atoms with E-state index in [1.54, 1.807) is 0 Å². The standard InChI is InChI=1S/C25H18O3.ClHO4/c26-25(27)24(20-14-8-3-9-15-20)21-16-22(18-10-4-1-5-11-18)28-23(17-21)19-12-6-2-7-13-19;2-1(3,4)5/h1-17,24H;(H,2,3,4,5). The summed E-state index contributed by atoms with van der Waals surface area (Å²) >= 11 is 0. The smallest absolute Gasteiger partial charge is 0.361 e. The molecular weight excluding hydrogens is 448 g/mol. The van der Waals surface area contributed by atoms with Crippen LogP contribution in [-0.4, -0.2) is 11.1 Å². The molecule has 168 valence electrons. The zero-order valence-electron chi connectivity index (χ0n) is 17.2.